The summed E-state index contributed by atoms with van der Waals surface area (Å²) in [5, 5.41) is 8.00. The monoisotopic (exact) mass is 372 g/mol. The lowest BCUT2D eigenvalue weighted by Crippen LogP contribution is -2.26. The predicted molar refractivity (Wildman–Crippen MR) is 104 cm³/mol. The van der Waals surface area contributed by atoms with Crippen LogP contribution in [0.1, 0.15) is 39.5 Å². The van der Waals surface area contributed by atoms with Gasteiger partial charge in [-0.1, -0.05) is 17.7 Å². The van der Waals surface area contributed by atoms with Gasteiger partial charge in [0.1, 0.15) is 15.6 Å². The van der Waals surface area contributed by atoms with Crippen molar-refractivity contribution in [3.8, 4) is 16.3 Å². The number of hydrogen-bond donors (Lipinski definition) is 1. The summed E-state index contributed by atoms with van der Waals surface area (Å²) in [7, 11) is 1.64. The van der Waals surface area contributed by atoms with Gasteiger partial charge in [0.25, 0.3) is 5.91 Å². The first-order chi connectivity index (χ1) is 12.0. The normalized spacial score (nSPS) is 12.0. The number of thiazole rings is 1. The predicted octanol–water partition coefficient (Wildman–Crippen LogP) is 4.99. The third-order valence-electron chi connectivity index (χ3n) is 3.97. The number of thiophene rings is 1. The molecule has 2 heterocycles. The fraction of sp³-hybridized carbons (Fsp3) is 0.263. The molecule has 1 unspecified atom stereocenters. The van der Waals surface area contributed by atoms with Crippen molar-refractivity contribution in [1.29, 1.82) is 0 Å². The summed E-state index contributed by atoms with van der Waals surface area (Å²) >= 11 is 3.05. The van der Waals surface area contributed by atoms with E-state index in [0.717, 1.165) is 33.1 Å². The van der Waals surface area contributed by atoms with E-state index in [2.05, 4.69) is 10.3 Å². The number of methoxy groups -OCH3 is 1. The molecule has 0 saturated heterocycles. The number of hydrogen-bond acceptors (Lipinski definition) is 5. The fourth-order valence-electron chi connectivity index (χ4n) is 2.65. The van der Waals surface area contributed by atoms with E-state index < -0.39 is 0 Å². The van der Waals surface area contributed by atoms with E-state index in [1.165, 1.54) is 11.3 Å². The number of aromatic nitrogens is 1. The van der Waals surface area contributed by atoms with Crippen LogP contribution in [0.3, 0.4) is 0 Å². The van der Waals surface area contributed by atoms with Crippen LogP contribution >= 0.6 is 22.7 Å². The Labute approximate surface area is 155 Å². The molecule has 0 bridgehead atoms. The topological polar surface area (TPSA) is 51.2 Å². The Morgan fingerprint density at radius 3 is 2.76 bits per heavy atom. The van der Waals surface area contributed by atoms with Gasteiger partial charge in [0.05, 0.1) is 18.8 Å². The number of ether oxygens (including phenoxy) is 1. The standard InChI is InChI=1S/C19H20N2O2S2/c1-11-5-6-16(23-4)15(9-11)12(2)20-18(22)17-13(3)21-19(25-17)14-7-8-24-10-14/h5-10,12H,1-4H3,(H,20,22). The number of aryl methyl sites for hydroxylation is 2. The molecule has 4 nitrogen and oxygen atoms in total. The molecule has 1 amide bonds. The third-order valence-corrected chi connectivity index (χ3v) is 5.86. The number of carbonyl (C=O) groups excluding carboxylic acids is 1. The zero-order chi connectivity index (χ0) is 18.0. The van der Waals surface area contributed by atoms with E-state index >= 15 is 0 Å². The van der Waals surface area contributed by atoms with Crippen LogP contribution in [-0.4, -0.2) is 18.0 Å². The van der Waals surface area contributed by atoms with Gasteiger partial charge in [-0.15, -0.1) is 11.3 Å². The molecule has 6 heteroatoms. The van der Waals surface area contributed by atoms with Gasteiger partial charge in [0.15, 0.2) is 0 Å². The van der Waals surface area contributed by atoms with Crippen molar-refractivity contribution in [2.75, 3.05) is 7.11 Å². The second kappa shape index (κ2) is 7.37. The zero-order valence-corrected chi connectivity index (χ0v) is 16.3. The number of carbonyl (C=O) groups is 1. The minimum Gasteiger partial charge on any atom is -0.496 e. The van der Waals surface area contributed by atoms with Crippen molar-refractivity contribution in [3.63, 3.8) is 0 Å². The molecule has 0 fully saturated rings. The van der Waals surface area contributed by atoms with Crippen LogP contribution < -0.4 is 10.1 Å². The van der Waals surface area contributed by atoms with Crippen LogP contribution in [0.5, 0.6) is 5.75 Å². The maximum atomic E-state index is 12.7. The molecule has 2 aromatic heterocycles. The van der Waals surface area contributed by atoms with Gasteiger partial charge in [-0.25, -0.2) is 4.98 Å². The average molecular weight is 373 g/mol. The molecular weight excluding hydrogens is 352 g/mol. The highest BCUT2D eigenvalue weighted by molar-refractivity contribution is 7.17. The van der Waals surface area contributed by atoms with Crippen molar-refractivity contribution in [2.24, 2.45) is 0 Å². The number of rotatable bonds is 5. The highest BCUT2D eigenvalue weighted by atomic mass is 32.1. The quantitative estimate of drug-likeness (QED) is 0.686. The molecule has 0 saturated carbocycles. The second-order valence-electron chi connectivity index (χ2n) is 5.89. The van der Waals surface area contributed by atoms with E-state index in [9.17, 15) is 4.79 Å². The molecule has 1 aromatic carbocycles. The lowest BCUT2D eigenvalue weighted by molar-refractivity contribution is 0.0943. The van der Waals surface area contributed by atoms with E-state index in [0.29, 0.717) is 4.88 Å². The van der Waals surface area contributed by atoms with Gasteiger partial charge in [-0.3, -0.25) is 4.79 Å². The van der Waals surface area contributed by atoms with Gasteiger partial charge in [0.2, 0.25) is 0 Å². The SMILES string of the molecule is COc1ccc(C)cc1C(C)NC(=O)c1sc(-c2ccsc2)nc1C. The summed E-state index contributed by atoms with van der Waals surface area (Å²) in [4.78, 5) is 17.9. The number of nitrogens with one attached hydrogen (secondary N) is 1. The second-order valence-corrected chi connectivity index (χ2v) is 7.67. The minimum absolute atomic E-state index is 0.104. The summed E-state index contributed by atoms with van der Waals surface area (Å²) < 4.78 is 5.43. The first-order valence-electron chi connectivity index (χ1n) is 7.95. The van der Waals surface area contributed by atoms with Crippen molar-refractivity contribution in [3.05, 3.63) is 56.7 Å². The van der Waals surface area contributed by atoms with Crippen molar-refractivity contribution >= 4 is 28.6 Å². The smallest absolute Gasteiger partial charge is 0.263 e. The molecule has 130 valence electrons. The molecule has 0 aliphatic carbocycles. The maximum absolute atomic E-state index is 12.7. The van der Waals surface area contributed by atoms with Gasteiger partial charge in [-0.2, -0.15) is 11.3 Å². The first kappa shape index (κ1) is 17.6. The van der Waals surface area contributed by atoms with Gasteiger partial charge in [-0.05, 0) is 38.3 Å². The van der Waals surface area contributed by atoms with Crippen LogP contribution in [0.25, 0.3) is 10.6 Å². The van der Waals surface area contributed by atoms with Crippen LogP contribution in [0.2, 0.25) is 0 Å². The van der Waals surface area contributed by atoms with Crippen molar-refractivity contribution in [1.82, 2.24) is 10.3 Å². The van der Waals surface area contributed by atoms with Gasteiger partial charge < -0.3 is 10.1 Å². The van der Waals surface area contributed by atoms with Crippen LogP contribution in [0.4, 0.5) is 0 Å². The highest BCUT2D eigenvalue weighted by Crippen LogP contribution is 2.31. The van der Waals surface area contributed by atoms with E-state index in [4.69, 9.17) is 4.74 Å². The molecule has 0 radical (unpaired) electrons. The molecule has 0 aliphatic rings. The molecule has 25 heavy (non-hydrogen) atoms. The van der Waals surface area contributed by atoms with E-state index in [-0.39, 0.29) is 11.9 Å². The molecule has 1 atom stereocenters. The molecular formula is C19H20N2O2S2. The Bertz CT molecular complexity index is 885. The van der Waals surface area contributed by atoms with E-state index in [1.807, 2.05) is 55.8 Å². The largest absolute Gasteiger partial charge is 0.496 e. The number of nitrogens with zero attached hydrogens (tertiary/aromatic N) is 1. The van der Waals surface area contributed by atoms with Crippen LogP contribution in [-0.2, 0) is 0 Å². The Hall–Kier alpha value is -2.18. The summed E-state index contributed by atoms with van der Waals surface area (Å²) in [5.74, 6) is 0.672. The number of benzene rings is 1. The molecule has 3 rings (SSSR count). The fourth-order valence-corrected chi connectivity index (χ4v) is 4.33. The summed E-state index contributed by atoms with van der Waals surface area (Å²) in [6.45, 7) is 5.86. The Morgan fingerprint density at radius 1 is 1.28 bits per heavy atom. The summed E-state index contributed by atoms with van der Waals surface area (Å²) in [5.41, 5.74) is 3.92. The van der Waals surface area contributed by atoms with E-state index in [1.54, 1.807) is 18.4 Å². The minimum atomic E-state index is -0.159. The van der Waals surface area contributed by atoms with Gasteiger partial charge in [0, 0.05) is 16.5 Å². The lowest BCUT2D eigenvalue weighted by Gasteiger charge is -2.17. The Balaban J connectivity index is 1.82. The Kier molecular flexibility index (Phi) is 5.20. The maximum Gasteiger partial charge on any atom is 0.263 e. The van der Waals surface area contributed by atoms with Crippen molar-refractivity contribution < 1.29 is 9.53 Å². The summed E-state index contributed by atoms with van der Waals surface area (Å²) in [6.07, 6.45) is 0. The van der Waals surface area contributed by atoms with Crippen LogP contribution in [0, 0.1) is 13.8 Å². The number of amides is 1. The summed E-state index contributed by atoms with van der Waals surface area (Å²) in [6, 6.07) is 7.83. The molecule has 0 spiro atoms. The zero-order valence-electron chi connectivity index (χ0n) is 14.6. The van der Waals surface area contributed by atoms with Crippen molar-refractivity contribution in [2.45, 2.75) is 26.8 Å². The third kappa shape index (κ3) is 3.75. The molecule has 3 aromatic rings. The Morgan fingerprint density at radius 2 is 2.08 bits per heavy atom. The van der Waals surface area contributed by atoms with Gasteiger partial charge >= 0.3 is 0 Å². The lowest BCUT2D eigenvalue weighted by atomic mass is 10.0. The first-order valence-corrected chi connectivity index (χ1v) is 9.71. The molecule has 0 aliphatic heterocycles. The highest BCUT2D eigenvalue weighted by Gasteiger charge is 2.20. The molecule has 1 N–H and O–H groups in total. The average Bonchev–Trinajstić information content (AvgIpc) is 3.24. The van der Waals surface area contributed by atoms with Crippen LogP contribution in [0.15, 0.2) is 35.0 Å².